The molecule has 1 heterocycles. The molecule has 0 aromatic heterocycles. The Kier molecular flexibility index (Phi) is 4.55. The fourth-order valence-corrected chi connectivity index (χ4v) is 2.40. The average molecular weight is 253 g/mol. The van der Waals surface area contributed by atoms with Crippen molar-refractivity contribution in [3.63, 3.8) is 0 Å². The molecule has 1 saturated heterocycles. The Bertz CT molecular complexity index is 391. The summed E-state index contributed by atoms with van der Waals surface area (Å²) in [5, 5.41) is 10.0. The third kappa shape index (κ3) is 3.43. The van der Waals surface area contributed by atoms with Crippen LogP contribution in [0.25, 0.3) is 0 Å². The van der Waals surface area contributed by atoms with Crippen LogP contribution in [0.5, 0.6) is 0 Å². The van der Waals surface area contributed by atoms with Gasteiger partial charge < -0.3 is 15.6 Å². The second kappa shape index (κ2) is 6.16. The van der Waals surface area contributed by atoms with Gasteiger partial charge in [-0.15, -0.1) is 0 Å². The van der Waals surface area contributed by atoms with Crippen LogP contribution in [0.4, 0.5) is 10.1 Å². The number of ether oxygens (including phenoxy) is 1. The van der Waals surface area contributed by atoms with Gasteiger partial charge in [0.25, 0.3) is 0 Å². The summed E-state index contributed by atoms with van der Waals surface area (Å²) >= 11 is 0. The summed E-state index contributed by atoms with van der Waals surface area (Å²) in [6.45, 7) is 0.851. The lowest BCUT2D eigenvalue weighted by Crippen LogP contribution is -2.07. The molecule has 2 unspecified atom stereocenters. The fourth-order valence-electron chi connectivity index (χ4n) is 2.40. The van der Waals surface area contributed by atoms with Crippen molar-refractivity contribution in [3.05, 3.63) is 29.6 Å². The fraction of sp³-hybridized carbons (Fsp3) is 0.571. The highest BCUT2D eigenvalue weighted by atomic mass is 19.1. The van der Waals surface area contributed by atoms with Crippen LogP contribution in [0.2, 0.25) is 0 Å². The van der Waals surface area contributed by atoms with Crippen molar-refractivity contribution >= 4 is 5.69 Å². The van der Waals surface area contributed by atoms with E-state index in [1.807, 2.05) is 0 Å². The lowest BCUT2D eigenvalue weighted by Gasteiger charge is -2.15. The van der Waals surface area contributed by atoms with Crippen LogP contribution in [0.15, 0.2) is 18.2 Å². The van der Waals surface area contributed by atoms with E-state index >= 15 is 0 Å². The Morgan fingerprint density at radius 2 is 2.33 bits per heavy atom. The number of halogens is 1. The van der Waals surface area contributed by atoms with E-state index in [4.69, 9.17) is 10.5 Å². The molecule has 0 amide bonds. The largest absolute Gasteiger partial charge is 0.398 e. The maximum absolute atomic E-state index is 13.1. The van der Waals surface area contributed by atoms with Crippen molar-refractivity contribution in [2.75, 3.05) is 12.3 Å². The summed E-state index contributed by atoms with van der Waals surface area (Å²) < 4.78 is 18.6. The number of aliphatic hydroxyl groups is 1. The minimum absolute atomic E-state index is 0.335. The first-order valence-corrected chi connectivity index (χ1v) is 6.51. The summed E-state index contributed by atoms with van der Waals surface area (Å²) in [6, 6.07) is 4.11. The van der Waals surface area contributed by atoms with Gasteiger partial charge in [0.05, 0.1) is 12.2 Å². The maximum Gasteiger partial charge on any atom is 0.123 e. The standard InChI is InChI=1S/C14H20FNO2/c15-10-6-7-13(16)12(9-10)14(17)5-1-3-11-4-2-8-18-11/h6-7,9,11,14,17H,1-5,8,16H2. The zero-order valence-corrected chi connectivity index (χ0v) is 10.4. The van der Waals surface area contributed by atoms with Gasteiger partial charge in [0.1, 0.15) is 5.82 Å². The zero-order chi connectivity index (χ0) is 13.0. The van der Waals surface area contributed by atoms with E-state index < -0.39 is 6.10 Å². The molecule has 100 valence electrons. The Labute approximate surface area is 107 Å². The van der Waals surface area contributed by atoms with Crippen molar-refractivity contribution in [2.45, 2.75) is 44.3 Å². The van der Waals surface area contributed by atoms with Gasteiger partial charge in [-0.05, 0) is 50.3 Å². The molecule has 0 bridgehead atoms. The summed E-state index contributed by atoms with van der Waals surface area (Å²) in [5.74, 6) is -0.364. The molecule has 1 aromatic carbocycles. The first-order chi connectivity index (χ1) is 8.66. The van der Waals surface area contributed by atoms with Crippen LogP contribution in [0.3, 0.4) is 0 Å². The molecule has 2 rings (SSSR count). The first kappa shape index (κ1) is 13.3. The molecule has 0 radical (unpaired) electrons. The molecule has 1 aromatic rings. The molecule has 0 aliphatic carbocycles. The average Bonchev–Trinajstić information content (AvgIpc) is 2.85. The molecule has 0 saturated carbocycles. The van der Waals surface area contributed by atoms with Gasteiger partial charge >= 0.3 is 0 Å². The predicted octanol–water partition coefficient (Wildman–Crippen LogP) is 2.79. The number of aliphatic hydroxyl groups excluding tert-OH is 1. The number of benzene rings is 1. The Hall–Kier alpha value is -1.13. The molecule has 18 heavy (non-hydrogen) atoms. The quantitative estimate of drug-likeness (QED) is 0.793. The number of hydrogen-bond acceptors (Lipinski definition) is 3. The van der Waals surface area contributed by atoms with Gasteiger partial charge in [-0.25, -0.2) is 4.39 Å². The van der Waals surface area contributed by atoms with Crippen LogP contribution in [0, 0.1) is 5.82 Å². The Morgan fingerprint density at radius 3 is 3.06 bits per heavy atom. The van der Waals surface area contributed by atoms with E-state index in [-0.39, 0.29) is 5.82 Å². The molecule has 4 heteroatoms. The molecule has 2 atom stereocenters. The molecule has 1 fully saturated rings. The Morgan fingerprint density at radius 1 is 1.50 bits per heavy atom. The third-order valence-corrected chi connectivity index (χ3v) is 3.44. The van der Waals surface area contributed by atoms with Gasteiger partial charge in [-0.2, -0.15) is 0 Å². The summed E-state index contributed by atoms with van der Waals surface area (Å²) in [5.41, 5.74) is 6.67. The zero-order valence-electron chi connectivity index (χ0n) is 10.4. The van der Waals surface area contributed by atoms with E-state index in [0.717, 1.165) is 32.3 Å². The first-order valence-electron chi connectivity index (χ1n) is 6.51. The normalized spacial score (nSPS) is 21.1. The van der Waals surface area contributed by atoms with E-state index in [0.29, 0.717) is 23.8 Å². The van der Waals surface area contributed by atoms with Crippen LogP contribution in [-0.4, -0.2) is 17.8 Å². The molecule has 0 spiro atoms. The van der Waals surface area contributed by atoms with Crippen LogP contribution < -0.4 is 5.73 Å². The van der Waals surface area contributed by atoms with Crippen molar-refractivity contribution in [1.82, 2.24) is 0 Å². The smallest absolute Gasteiger partial charge is 0.123 e. The van der Waals surface area contributed by atoms with Gasteiger partial charge in [-0.3, -0.25) is 0 Å². The number of rotatable bonds is 5. The lowest BCUT2D eigenvalue weighted by molar-refractivity contribution is 0.0945. The number of anilines is 1. The van der Waals surface area contributed by atoms with E-state index in [9.17, 15) is 9.50 Å². The minimum atomic E-state index is -0.692. The highest BCUT2D eigenvalue weighted by molar-refractivity contribution is 5.47. The number of hydrogen-bond donors (Lipinski definition) is 2. The second-order valence-corrected chi connectivity index (χ2v) is 4.85. The van der Waals surface area contributed by atoms with Crippen molar-refractivity contribution < 1.29 is 14.2 Å². The third-order valence-electron chi connectivity index (χ3n) is 3.44. The van der Waals surface area contributed by atoms with Crippen molar-refractivity contribution in [2.24, 2.45) is 0 Å². The SMILES string of the molecule is Nc1ccc(F)cc1C(O)CCCC1CCCO1. The lowest BCUT2D eigenvalue weighted by atomic mass is 10.0. The summed E-state index contributed by atoms with van der Waals surface area (Å²) in [7, 11) is 0. The van der Waals surface area contributed by atoms with E-state index in [1.165, 1.54) is 18.2 Å². The van der Waals surface area contributed by atoms with Gasteiger partial charge in [0, 0.05) is 17.9 Å². The van der Waals surface area contributed by atoms with Gasteiger partial charge in [0.15, 0.2) is 0 Å². The number of nitrogen functional groups attached to an aromatic ring is 1. The monoisotopic (exact) mass is 253 g/mol. The number of nitrogens with two attached hydrogens (primary N) is 1. The maximum atomic E-state index is 13.1. The van der Waals surface area contributed by atoms with Crippen molar-refractivity contribution in [1.29, 1.82) is 0 Å². The van der Waals surface area contributed by atoms with Crippen molar-refractivity contribution in [3.8, 4) is 0 Å². The summed E-state index contributed by atoms with van der Waals surface area (Å²) in [6.07, 6.45) is 4.29. The predicted molar refractivity (Wildman–Crippen MR) is 68.6 cm³/mol. The Balaban J connectivity index is 1.83. The molecule has 3 N–H and O–H groups in total. The highest BCUT2D eigenvalue weighted by Crippen LogP contribution is 2.27. The van der Waals surface area contributed by atoms with Crippen LogP contribution in [-0.2, 0) is 4.74 Å². The van der Waals surface area contributed by atoms with E-state index in [1.54, 1.807) is 0 Å². The van der Waals surface area contributed by atoms with Gasteiger partial charge in [0.2, 0.25) is 0 Å². The topological polar surface area (TPSA) is 55.5 Å². The molecular weight excluding hydrogens is 233 g/mol. The second-order valence-electron chi connectivity index (χ2n) is 4.85. The summed E-state index contributed by atoms with van der Waals surface area (Å²) in [4.78, 5) is 0. The molecule has 1 aliphatic rings. The van der Waals surface area contributed by atoms with E-state index in [2.05, 4.69) is 0 Å². The molecule has 3 nitrogen and oxygen atoms in total. The van der Waals surface area contributed by atoms with Crippen LogP contribution in [0.1, 0.15) is 43.8 Å². The molecule has 1 aliphatic heterocycles. The molecular formula is C14H20FNO2. The van der Waals surface area contributed by atoms with Crippen LogP contribution >= 0.6 is 0 Å². The highest BCUT2D eigenvalue weighted by Gasteiger charge is 2.17. The van der Waals surface area contributed by atoms with Gasteiger partial charge in [-0.1, -0.05) is 0 Å². The minimum Gasteiger partial charge on any atom is -0.398 e.